The SMILES string of the molecule is COc1cc(/C=N\NC(=O)C(=O)N2CCCC2)ccc1O. The Bertz CT molecular complexity index is 565. The fraction of sp³-hybridized carbons (Fsp3) is 0.357. The van der Waals surface area contributed by atoms with Crippen LogP contribution in [0.2, 0.25) is 0 Å². The molecule has 112 valence electrons. The number of rotatable bonds is 3. The molecular formula is C14H17N3O4. The molecule has 1 aliphatic heterocycles. The lowest BCUT2D eigenvalue weighted by Crippen LogP contribution is -2.39. The molecule has 21 heavy (non-hydrogen) atoms. The van der Waals surface area contributed by atoms with E-state index in [2.05, 4.69) is 10.5 Å². The number of amides is 2. The van der Waals surface area contributed by atoms with Crippen LogP contribution in [0.15, 0.2) is 23.3 Å². The quantitative estimate of drug-likeness (QED) is 0.481. The van der Waals surface area contributed by atoms with Gasteiger partial charge in [0.05, 0.1) is 13.3 Å². The summed E-state index contributed by atoms with van der Waals surface area (Å²) in [5.41, 5.74) is 2.82. The van der Waals surface area contributed by atoms with E-state index in [1.165, 1.54) is 24.3 Å². The zero-order chi connectivity index (χ0) is 15.2. The molecule has 0 unspecified atom stereocenters. The largest absolute Gasteiger partial charge is 0.504 e. The van der Waals surface area contributed by atoms with Gasteiger partial charge in [-0.25, -0.2) is 5.43 Å². The number of nitrogens with zero attached hydrogens (tertiary/aromatic N) is 2. The number of hydrogen-bond acceptors (Lipinski definition) is 5. The number of carbonyl (C=O) groups excluding carboxylic acids is 2. The van der Waals surface area contributed by atoms with Crippen LogP contribution in [-0.4, -0.2) is 48.2 Å². The molecule has 1 saturated heterocycles. The third-order valence-electron chi connectivity index (χ3n) is 3.17. The van der Waals surface area contributed by atoms with E-state index in [1.54, 1.807) is 12.1 Å². The highest BCUT2D eigenvalue weighted by atomic mass is 16.5. The molecule has 0 bridgehead atoms. The Kier molecular flexibility index (Phi) is 4.76. The monoisotopic (exact) mass is 291 g/mol. The maximum atomic E-state index is 11.7. The topological polar surface area (TPSA) is 91.2 Å². The molecule has 1 aromatic rings. The van der Waals surface area contributed by atoms with Gasteiger partial charge in [-0.15, -0.1) is 0 Å². The Morgan fingerprint density at radius 2 is 2.10 bits per heavy atom. The van der Waals surface area contributed by atoms with Crippen molar-refractivity contribution in [3.8, 4) is 11.5 Å². The lowest BCUT2D eigenvalue weighted by molar-refractivity contribution is -0.145. The maximum absolute atomic E-state index is 11.7. The average Bonchev–Trinajstić information content (AvgIpc) is 3.02. The Morgan fingerprint density at radius 3 is 2.76 bits per heavy atom. The predicted molar refractivity (Wildman–Crippen MR) is 76.2 cm³/mol. The van der Waals surface area contributed by atoms with E-state index in [0.29, 0.717) is 24.4 Å². The molecule has 0 atom stereocenters. The average molecular weight is 291 g/mol. The number of ether oxygens (including phenoxy) is 1. The van der Waals surface area contributed by atoms with Gasteiger partial charge >= 0.3 is 11.8 Å². The first kappa shape index (κ1) is 14.8. The summed E-state index contributed by atoms with van der Waals surface area (Å²) in [4.78, 5) is 24.8. The number of carbonyl (C=O) groups is 2. The molecule has 0 aromatic heterocycles. The van der Waals surface area contributed by atoms with Crippen LogP contribution in [-0.2, 0) is 9.59 Å². The van der Waals surface area contributed by atoms with Crippen molar-refractivity contribution in [3.05, 3.63) is 23.8 Å². The molecule has 2 N–H and O–H groups in total. The molecule has 7 nitrogen and oxygen atoms in total. The summed E-state index contributed by atoms with van der Waals surface area (Å²) in [6, 6.07) is 4.63. The number of benzene rings is 1. The summed E-state index contributed by atoms with van der Waals surface area (Å²) in [7, 11) is 1.44. The second-order valence-corrected chi connectivity index (χ2v) is 4.63. The van der Waals surface area contributed by atoms with Crippen molar-refractivity contribution < 1.29 is 19.4 Å². The van der Waals surface area contributed by atoms with Gasteiger partial charge in [0.1, 0.15) is 0 Å². The molecule has 1 heterocycles. The third kappa shape index (κ3) is 3.71. The Hall–Kier alpha value is -2.57. The van der Waals surface area contributed by atoms with Crippen LogP contribution in [0.3, 0.4) is 0 Å². The molecule has 2 amide bonds. The third-order valence-corrected chi connectivity index (χ3v) is 3.17. The van der Waals surface area contributed by atoms with Crippen LogP contribution in [0, 0.1) is 0 Å². The van der Waals surface area contributed by atoms with Gasteiger partial charge < -0.3 is 14.7 Å². The van der Waals surface area contributed by atoms with Gasteiger partial charge in [0.15, 0.2) is 11.5 Å². The molecule has 0 spiro atoms. The zero-order valence-corrected chi connectivity index (χ0v) is 11.7. The second kappa shape index (κ2) is 6.74. The molecule has 0 saturated carbocycles. The van der Waals surface area contributed by atoms with Crippen LogP contribution in [0.4, 0.5) is 0 Å². The van der Waals surface area contributed by atoms with Crippen molar-refractivity contribution in [1.29, 1.82) is 0 Å². The molecule has 0 aliphatic carbocycles. The first-order chi connectivity index (χ1) is 10.1. The summed E-state index contributed by atoms with van der Waals surface area (Å²) in [5, 5.41) is 13.2. The van der Waals surface area contributed by atoms with Crippen molar-refractivity contribution in [1.82, 2.24) is 10.3 Å². The van der Waals surface area contributed by atoms with Gasteiger partial charge in [0.2, 0.25) is 0 Å². The van der Waals surface area contributed by atoms with Gasteiger partial charge in [0.25, 0.3) is 0 Å². The van der Waals surface area contributed by atoms with Gasteiger partial charge in [-0.2, -0.15) is 5.10 Å². The second-order valence-electron chi connectivity index (χ2n) is 4.63. The van der Waals surface area contributed by atoms with E-state index in [4.69, 9.17) is 4.74 Å². The molecule has 1 aromatic carbocycles. The van der Waals surface area contributed by atoms with E-state index < -0.39 is 11.8 Å². The van der Waals surface area contributed by atoms with Crippen LogP contribution in [0.1, 0.15) is 18.4 Å². The predicted octanol–water partition coefficient (Wildman–Crippen LogP) is 0.473. The normalized spacial score (nSPS) is 14.4. The molecule has 1 fully saturated rings. The number of phenols is 1. The first-order valence-corrected chi connectivity index (χ1v) is 6.61. The number of hydrogen-bond donors (Lipinski definition) is 2. The minimum atomic E-state index is -0.751. The Morgan fingerprint density at radius 1 is 1.38 bits per heavy atom. The number of nitrogens with one attached hydrogen (secondary N) is 1. The lowest BCUT2D eigenvalue weighted by atomic mass is 10.2. The standard InChI is InChI=1S/C14H17N3O4/c1-21-12-8-10(4-5-11(12)18)9-15-16-13(19)14(20)17-6-2-3-7-17/h4-5,8-9,18H,2-3,6-7H2,1H3,(H,16,19)/b15-9-. The number of methoxy groups -OCH3 is 1. The number of aromatic hydroxyl groups is 1. The van der Waals surface area contributed by atoms with Crippen molar-refractivity contribution in [3.63, 3.8) is 0 Å². The van der Waals surface area contributed by atoms with Crippen molar-refractivity contribution >= 4 is 18.0 Å². The molecular weight excluding hydrogens is 274 g/mol. The minimum absolute atomic E-state index is 0.0166. The summed E-state index contributed by atoms with van der Waals surface area (Å²) in [6.45, 7) is 1.23. The van der Waals surface area contributed by atoms with Crippen molar-refractivity contribution in [2.45, 2.75) is 12.8 Å². The highest BCUT2D eigenvalue weighted by Gasteiger charge is 2.23. The highest BCUT2D eigenvalue weighted by Crippen LogP contribution is 2.25. The molecule has 0 radical (unpaired) electrons. The molecule has 7 heteroatoms. The van der Waals surface area contributed by atoms with Crippen molar-refractivity contribution in [2.24, 2.45) is 5.10 Å². The number of likely N-dealkylation sites (tertiary alicyclic amines) is 1. The van der Waals surface area contributed by atoms with E-state index in [1.807, 2.05) is 0 Å². The summed E-state index contributed by atoms with van der Waals surface area (Å²) >= 11 is 0. The molecule has 1 aliphatic rings. The van der Waals surface area contributed by atoms with E-state index >= 15 is 0 Å². The van der Waals surface area contributed by atoms with Crippen LogP contribution in [0.5, 0.6) is 11.5 Å². The van der Waals surface area contributed by atoms with Gasteiger partial charge in [0, 0.05) is 13.1 Å². The minimum Gasteiger partial charge on any atom is -0.504 e. The van der Waals surface area contributed by atoms with Gasteiger partial charge in [-0.1, -0.05) is 0 Å². The number of phenolic OH excluding ortho intramolecular Hbond substituents is 1. The van der Waals surface area contributed by atoms with E-state index in [-0.39, 0.29) is 5.75 Å². The molecule has 2 rings (SSSR count). The number of hydrazone groups is 1. The summed E-state index contributed by atoms with van der Waals surface area (Å²) < 4.78 is 4.96. The lowest BCUT2D eigenvalue weighted by Gasteiger charge is -2.12. The summed E-state index contributed by atoms with van der Waals surface area (Å²) in [6.07, 6.45) is 3.22. The highest BCUT2D eigenvalue weighted by molar-refractivity contribution is 6.35. The Labute approximate surface area is 122 Å². The van der Waals surface area contributed by atoms with Gasteiger partial charge in [-0.05, 0) is 36.6 Å². The Balaban J connectivity index is 1.92. The van der Waals surface area contributed by atoms with E-state index in [9.17, 15) is 14.7 Å². The van der Waals surface area contributed by atoms with Crippen LogP contribution in [0.25, 0.3) is 0 Å². The van der Waals surface area contributed by atoms with Crippen molar-refractivity contribution in [2.75, 3.05) is 20.2 Å². The fourth-order valence-electron chi connectivity index (χ4n) is 2.05. The maximum Gasteiger partial charge on any atom is 0.329 e. The smallest absolute Gasteiger partial charge is 0.329 e. The van der Waals surface area contributed by atoms with Gasteiger partial charge in [-0.3, -0.25) is 9.59 Å². The first-order valence-electron chi connectivity index (χ1n) is 6.61. The van der Waals surface area contributed by atoms with E-state index in [0.717, 1.165) is 12.8 Å². The zero-order valence-electron chi connectivity index (χ0n) is 11.7. The summed E-state index contributed by atoms with van der Waals surface area (Å²) in [5.74, 6) is -0.992. The fourth-order valence-corrected chi connectivity index (χ4v) is 2.05. The van der Waals surface area contributed by atoms with Crippen LogP contribution >= 0.6 is 0 Å². The van der Waals surface area contributed by atoms with Crippen LogP contribution < -0.4 is 10.2 Å².